The highest BCUT2D eigenvalue weighted by Gasteiger charge is 2.05. The highest BCUT2D eigenvalue weighted by molar-refractivity contribution is 5.95. The smallest absolute Gasteiger partial charge is 0.333 e. The van der Waals surface area contributed by atoms with Crippen LogP contribution in [0.25, 0.3) is 11.1 Å². The first kappa shape index (κ1) is 28.6. The zero-order valence-electron chi connectivity index (χ0n) is 23.3. The predicted octanol–water partition coefficient (Wildman–Crippen LogP) is 7.46. The number of benzene rings is 4. The Labute approximate surface area is 242 Å². The number of allylic oxidation sites excluding steroid dienone is 1. The van der Waals surface area contributed by atoms with Crippen LogP contribution >= 0.6 is 0 Å². The van der Waals surface area contributed by atoms with Gasteiger partial charge in [0.15, 0.2) is 5.78 Å². The molecule has 200 valence electrons. The van der Waals surface area contributed by atoms with Crippen molar-refractivity contribution in [2.45, 2.75) is 26.9 Å². The van der Waals surface area contributed by atoms with E-state index in [-0.39, 0.29) is 12.4 Å². The number of ketones is 1. The maximum Gasteiger partial charge on any atom is 0.333 e. The van der Waals surface area contributed by atoms with E-state index in [2.05, 4.69) is 61.1 Å². The molecule has 0 unspecified atom stereocenters. The summed E-state index contributed by atoms with van der Waals surface area (Å²) in [5.41, 5.74) is 8.65. The Morgan fingerprint density at radius 1 is 0.561 bits per heavy atom. The van der Waals surface area contributed by atoms with Crippen molar-refractivity contribution in [3.63, 3.8) is 0 Å². The van der Waals surface area contributed by atoms with E-state index in [0.29, 0.717) is 17.6 Å². The fraction of sp³-hybridized carbons (Fsp3) is 0.105. The van der Waals surface area contributed by atoms with Gasteiger partial charge in [-0.05, 0) is 90.2 Å². The van der Waals surface area contributed by atoms with E-state index < -0.39 is 5.97 Å². The van der Waals surface area contributed by atoms with Crippen LogP contribution in [0.4, 0.5) is 0 Å². The topological polar surface area (TPSA) is 43.4 Å². The van der Waals surface area contributed by atoms with Gasteiger partial charge in [-0.3, -0.25) is 4.79 Å². The normalized spacial score (nSPS) is 9.90. The van der Waals surface area contributed by atoms with Gasteiger partial charge in [0.05, 0.1) is 0 Å². The average molecular weight is 535 g/mol. The zero-order chi connectivity index (χ0) is 29.2. The Hall–Kier alpha value is -5.38. The third-order valence-electron chi connectivity index (χ3n) is 6.27. The fourth-order valence-corrected chi connectivity index (χ4v) is 3.78. The minimum atomic E-state index is -0.394. The quantitative estimate of drug-likeness (QED) is 0.140. The molecule has 0 heterocycles. The van der Waals surface area contributed by atoms with Crippen molar-refractivity contribution in [2.75, 3.05) is 0 Å². The summed E-state index contributed by atoms with van der Waals surface area (Å²) in [4.78, 5) is 23.4. The molecule has 3 nitrogen and oxygen atoms in total. The largest absolute Gasteiger partial charge is 0.457 e. The summed E-state index contributed by atoms with van der Waals surface area (Å²) in [6, 6.07) is 31.7. The number of ether oxygens (including phenoxy) is 1. The van der Waals surface area contributed by atoms with Crippen molar-refractivity contribution in [3.8, 4) is 34.8 Å². The maximum absolute atomic E-state index is 11.8. The van der Waals surface area contributed by atoms with E-state index in [1.165, 1.54) is 0 Å². The Morgan fingerprint density at radius 3 is 1.29 bits per heavy atom. The van der Waals surface area contributed by atoms with Gasteiger partial charge in [-0.25, -0.2) is 4.79 Å². The van der Waals surface area contributed by atoms with E-state index >= 15 is 0 Å². The van der Waals surface area contributed by atoms with Gasteiger partial charge >= 0.3 is 5.97 Å². The molecule has 0 spiro atoms. The second-order valence-electron chi connectivity index (χ2n) is 9.79. The highest BCUT2D eigenvalue weighted by atomic mass is 16.5. The number of rotatable bonds is 7. The van der Waals surface area contributed by atoms with Crippen molar-refractivity contribution in [1.82, 2.24) is 0 Å². The molecular formula is C38H30O3. The summed E-state index contributed by atoms with van der Waals surface area (Å²) >= 11 is 0. The van der Waals surface area contributed by atoms with E-state index in [0.717, 1.165) is 44.5 Å². The molecule has 0 saturated heterocycles. The molecule has 0 saturated carbocycles. The van der Waals surface area contributed by atoms with Crippen LogP contribution in [0.5, 0.6) is 0 Å². The Balaban J connectivity index is 1.34. The second kappa shape index (κ2) is 13.6. The molecule has 0 bridgehead atoms. The van der Waals surface area contributed by atoms with Crippen LogP contribution in [0.15, 0.2) is 121 Å². The molecular weight excluding hydrogens is 504 g/mol. The maximum atomic E-state index is 11.8. The summed E-state index contributed by atoms with van der Waals surface area (Å²) in [6.45, 7) is 10.9. The van der Waals surface area contributed by atoms with Gasteiger partial charge in [0, 0.05) is 34.2 Å². The second-order valence-corrected chi connectivity index (χ2v) is 9.79. The van der Waals surface area contributed by atoms with Crippen LogP contribution in [-0.4, -0.2) is 11.8 Å². The predicted molar refractivity (Wildman–Crippen MR) is 165 cm³/mol. The third-order valence-corrected chi connectivity index (χ3v) is 6.27. The molecule has 0 radical (unpaired) electrons. The Morgan fingerprint density at radius 2 is 0.927 bits per heavy atom. The molecule has 0 aliphatic carbocycles. The zero-order valence-corrected chi connectivity index (χ0v) is 23.3. The fourth-order valence-electron chi connectivity index (χ4n) is 3.78. The molecule has 0 amide bonds. The van der Waals surface area contributed by atoms with E-state index in [1.807, 2.05) is 72.8 Å². The van der Waals surface area contributed by atoms with E-state index in [4.69, 9.17) is 4.74 Å². The first-order chi connectivity index (χ1) is 19.8. The first-order valence-electron chi connectivity index (χ1n) is 13.2. The molecule has 4 aromatic rings. The monoisotopic (exact) mass is 534 g/mol. The highest BCUT2D eigenvalue weighted by Crippen LogP contribution is 2.20. The van der Waals surface area contributed by atoms with Crippen LogP contribution in [0.2, 0.25) is 0 Å². The Kier molecular flexibility index (Phi) is 9.50. The van der Waals surface area contributed by atoms with Crippen LogP contribution in [0.3, 0.4) is 0 Å². The lowest BCUT2D eigenvalue weighted by Crippen LogP contribution is -2.04. The van der Waals surface area contributed by atoms with Crippen molar-refractivity contribution in [3.05, 3.63) is 155 Å². The average Bonchev–Trinajstić information content (AvgIpc) is 2.99. The summed E-state index contributed by atoms with van der Waals surface area (Å²) < 4.78 is 5.17. The van der Waals surface area contributed by atoms with Gasteiger partial charge in [0.25, 0.3) is 0 Å². The van der Waals surface area contributed by atoms with Gasteiger partial charge in [-0.2, -0.15) is 0 Å². The van der Waals surface area contributed by atoms with Gasteiger partial charge in [0.2, 0.25) is 0 Å². The summed E-state index contributed by atoms with van der Waals surface area (Å²) in [5, 5.41) is 0. The van der Waals surface area contributed by atoms with Gasteiger partial charge in [-0.15, -0.1) is 0 Å². The molecule has 0 atom stereocenters. The third kappa shape index (κ3) is 8.56. The van der Waals surface area contributed by atoms with Crippen LogP contribution in [-0.2, 0) is 27.4 Å². The van der Waals surface area contributed by atoms with Crippen molar-refractivity contribution in [1.29, 1.82) is 0 Å². The lowest BCUT2D eigenvalue weighted by Gasteiger charge is -2.04. The molecule has 0 aromatic heterocycles. The molecule has 3 heteroatoms. The van der Waals surface area contributed by atoms with Crippen LogP contribution in [0, 0.1) is 23.7 Å². The van der Waals surface area contributed by atoms with E-state index in [1.54, 1.807) is 13.8 Å². The van der Waals surface area contributed by atoms with Crippen LogP contribution < -0.4 is 0 Å². The van der Waals surface area contributed by atoms with Crippen molar-refractivity contribution >= 4 is 11.8 Å². The van der Waals surface area contributed by atoms with Crippen molar-refractivity contribution < 1.29 is 14.3 Å². The number of carbonyl (C=O) groups excluding carboxylic acids is 2. The lowest BCUT2D eigenvalue weighted by molar-refractivity contribution is -0.140. The Bertz CT molecular complexity index is 1700. The van der Waals surface area contributed by atoms with Gasteiger partial charge in [-0.1, -0.05) is 85.4 Å². The summed E-state index contributed by atoms with van der Waals surface area (Å²) in [7, 11) is 0. The lowest BCUT2D eigenvalue weighted by atomic mass is 10.0. The number of hydrogen-bond donors (Lipinski definition) is 0. The van der Waals surface area contributed by atoms with Gasteiger partial charge < -0.3 is 4.74 Å². The number of esters is 1. The standard InChI is InChI=1S/C38H30O3/c1-27(2)37(39)25-33-13-9-29(10-14-33)5-7-31-17-21-35(22-18-31)36-23-19-32(20-24-36)8-6-30-11-15-34(16-12-30)26-41-38(40)28(3)4/h9-24H,1,3,25-26H2,2,4H3. The molecule has 0 aliphatic rings. The van der Waals surface area contributed by atoms with Crippen molar-refractivity contribution in [2.24, 2.45) is 0 Å². The summed E-state index contributed by atoms with van der Waals surface area (Å²) in [6.07, 6.45) is 0.365. The number of carbonyl (C=O) groups is 2. The van der Waals surface area contributed by atoms with Gasteiger partial charge in [0.1, 0.15) is 6.61 Å². The van der Waals surface area contributed by atoms with E-state index in [9.17, 15) is 9.59 Å². The molecule has 4 rings (SSSR count). The molecule has 4 aromatic carbocycles. The molecule has 41 heavy (non-hydrogen) atoms. The first-order valence-corrected chi connectivity index (χ1v) is 13.2. The molecule has 0 N–H and O–H groups in total. The minimum absolute atomic E-state index is 0.0512. The molecule has 0 fully saturated rings. The number of Topliss-reactive ketones (excluding diaryl/α,β-unsaturated/α-hetero) is 1. The summed E-state index contributed by atoms with van der Waals surface area (Å²) in [5.74, 6) is 12.4. The number of hydrogen-bond acceptors (Lipinski definition) is 3. The minimum Gasteiger partial charge on any atom is -0.457 e. The SMILES string of the molecule is C=C(C)C(=O)Cc1ccc(C#Cc2ccc(-c3ccc(C#Cc4ccc(COC(=O)C(=C)C)cc4)cc3)cc2)cc1. The molecule has 0 aliphatic heterocycles. The van der Waals surface area contributed by atoms with Crippen LogP contribution in [0.1, 0.15) is 47.2 Å².